The highest BCUT2D eigenvalue weighted by Crippen LogP contribution is 2.61. The predicted molar refractivity (Wildman–Crippen MR) is 129 cm³/mol. The largest absolute Gasteiger partial charge is 0.378 e. The normalized spacial score (nSPS) is 26.4. The van der Waals surface area contributed by atoms with Crippen molar-refractivity contribution in [1.82, 2.24) is 4.90 Å². The fourth-order valence-corrected chi connectivity index (χ4v) is 6.63. The SMILES string of the molecule is O=C(c1ccc(N2C(=O)[C@@H]3C4c5ccccc5C(c5ccccc54)[C@H]3C2=O)cc1)N1CCOCC1. The maximum Gasteiger partial charge on any atom is 0.254 e. The monoisotopic (exact) mass is 464 g/mol. The minimum atomic E-state index is -0.410. The summed E-state index contributed by atoms with van der Waals surface area (Å²) in [6.45, 7) is 2.21. The van der Waals surface area contributed by atoms with Gasteiger partial charge in [-0.3, -0.25) is 14.4 Å². The van der Waals surface area contributed by atoms with Gasteiger partial charge in [0, 0.05) is 30.5 Å². The Hall–Kier alpha value is -3.77. The predicted octanol–water partition coefficient (Wildman–Crippen LogP) is 3.56. The van der Waals surface area contributed by atoms with E-state index >= 15 is 0 Å². The van der Waals surface area contributed by atoms with Crippen LogP contribution in [0.3, 0.4) is 0 Å². The molecule has 5 aliphatic rings. The molecule has 2 heterocycles. The molecule has 6 nitrogen and oxygen atoms in total. The molecule has 8 rings (SSSR count). The molecule has 3 aromatic rings. The van der Waals surface area contributed by atoms with Gasteiger partial charge in [-0.1, -0.05) is 48.5 Å². The Labute approximate surface area is 203 Å². The van der Waals surface area contributed by atoms with Gasteiger partial charge in [0.25, 0.3) is 5.91 Å². The van der Waals surface area contributed by atoms with E-state index in [4.69, 9.17) is 4.74 Å². The number of amides is 3. The third-order valence-corrected chi connectivity index (χ3v) is 8.12. The number of imide groups is 1. The second-order valence-corrected chi connectivity index (χ2v) is 9.73. The Morgan fingerprint density at radius 1 is 0.686 bits per heavy atom. The van der Waals surface area contributed by atoms with Gasteiger partial charge in [0.05, 0.1) is 30.7 Å². The summed E-state index contributed by atoms with van der Waals surface area (Å²) in [6, 6.07) is 23.4. The van der Waals surface area contributed by atoms with Crippen LogP contribution in [0.2, 0.25) is 0 Å². The average Bonchev–Trinajstić information content (AvgIpc) is 3.19. The molecule has 6 heteroatoms. The van der Waals surface area contributed by atoms with E-state index < -0.39 is 11.8 Å². The van der Waals surface area contributed by atoms with Crippen LogP contribution in [-0.2, 0) is 14.3 Å². The Kier molecular flexibility index (Phi) is 4.48. The van der Waals surface area contributed by atoms with E-state index in [2.05, 4.69) is 24.3 Å². The van der Waals surface area contributed by atoms with Crippen LogP contribution in [0.5, 0.6) is 0 Å². The van der Waals surface area contributed by atoms with Crippen LogP contribution in [0.25, 0.3) is 0 Å². The van der Waals surface area contributed by atoms with E-state index in [-0.39, 0.29) is 29.6 Å². The molecule has 3 amide bonds. The van der Waals surface area contributed by atoms with Gasteiger partial charge in [0.2, 0.25) is 11.8 Å². The highest BCUT2D eigenvalue weighted by atomic mass is 16.5. The van der Waals surface area contributed by atoms with Gasteiger partial charge in [0.15, 0.2) is 0 Å². The maximum absolute atomic E-state index is 13.8. The van der Waals surface area contributed by atoms with Crippen LogP contribution < -0.4 is 4.90 Å². The number of morpholine rings is 1. The zero-order valence-electron chi connectivity index (χ0n) is 19.1. The van der Waals surface area contributed by atoms with Crippen molar-refractivity contribution < 1.29 is 19.1 Å². The molecule has 3 aromatic carbocycles. The molecule has 0 aromatic heterocycles. The van der Waals surface area contributed by atoms with Crippen molar-refractivity contribution in [2.24, 2.45) is 11.8 Å². The molecule has 174 valence electrons. The van der Waals surface area contributed by atoms with E-state index in [1.54, 1.807) is 29.2 Å². The molecular weight excluding hydrogens is 440 g/mol. The van der Waals surface area contributed by atoms with Crippen LogP contribution in [-0.4, -0.2) is 48.9 Å². The highest BCUT2D eigenvalue weighted by Gasteiger charge is 2.61. The molecule has 35 heavy (non-hydrogen) atoms. The smallest absolute Gasteiger partial charge is 0.254 e. The summed E-state index contributed by atoms with van der Waals surface area (Å²) < 4.78 is 5.34. The number of carbonyl (C=O) groups excluding carboxylic acids is 3. The van der Waals surface area contributed by atoms with Crippen LogP contribution in [0, 0.1) is 11.8 Å². The molecule has 0 radical (unpaired) electrons. The van der Waals surface area contributed by atoms with Gasteiger partial charge in [-0.25, -0.2) is 4.90 Å². The van der Waals surface area contributed by atoms with Crippen LogP contribution in [0.4, 0.5) is 5.69 Å². The lowest BCUT2D eigenvalue weighted by atomic mass is 9.55. The van der Waals surface area contributed by atoms with Gasteiger partial charge in [-0.15, -0.1) is 0 Å². The Balaban J connectivity index is 1.25. The van der Waals surface area contributed by atoms with Crippen LogP contribution >= 0.6 is 0 Å². The number of hydrogen-bond donors (Lipinski definition) is 0. The first kappa shape index (κ1) is 20.6. The number of hydrogen-bond acceptors (Lipinski definition) is 4. The topological polar surface area (TPSA) is 66.9 Å². The van der Waals surface area contributed by atoms with Gasteiger partial charge in [-0.05, 0) is 46.5 Å². The molecule has 0 unspecified atom stereocenters. The lowest BCUT2D eigenvalue weighted by molar-refractivity contribution is -0.122. The van der Waals surface area contributed by atoms with E-state index in [1.165, 1.54) is 4.90 Å². The van der Waals surface area contributed by atoms with Crippen molar-refractivity contribution in [3.63, 3.8) is 0 Å². The highest BCUT2D eigenvalue weighted by molar-refractivity contribution is 6.23. The number of ether oxygens (including phenoxy) is 1. The van der Waals surface area contributed by atoms with Gasteiger partial charge < -0.3 is 9.64 Å². The van der Waals surface area contributed by atoms with E-state index in [9.17, 15) is 14.4 Å². The summed E-state index contributed by atoms with van der Waals surface area (Å²) in [5.41, 5.74) is 5.71. The molecule has 0 N–H and O–H groups in total. The van der Waals surface area contributed by atoms with Crippen molar-refractivity contribution in [2.75, 3.05) is 31.2 Å². The molecule has 2 aliphatic heterocycles. The minimum Gasteiger partial charge on any atom is -0.378 e. The summed E-state index contributed by atoms with van der Waals surface area (Å²) in [6.07, 6.45) is 0. The van der Waals surface area contributed by atoms with E-state index in [0.717, 1.165) is 22.3 Å². The fraction of sp³-hybridized carbons (Fsp3) is 0.276. The Morgan fingerprint density at radius 3 is 1.60 bits per heavy atom. The third kappa shape index (κ3) is 2.83. The quantitative estimate of drug-likeness (QED) is 0.544. The number of rotatable bonds is 2. The number of nitrogens with zero attached hydrogens (tertiary/aromatic N) is 2. The average molecular weight is 465 g/mol. The standard InChI is InChI=1S/C29H24N2O4/c32-27(30-13-15-35-16-14-30)17-9-11-18(12-10-17)31-28(33)25-23-19-5-1-2-6-20(19)24(26(25)29(31)34)22-8-4-3-7-21(22)23/h1-12,23-26H,13-16H2/t23?,24?,25-,26-/m1/s1. The van der Waals surface area contributed by atoms with Crippen LogP contribution in [0.15, 0.2) is 72.8 Å². The maximum atomic E-state index is 13.8. The van der Waals surface area contributed by atoms with Gasteiger partial charge >= 0.3 is 0 Å². The van der Waals surface area contributed by atoms with Crippen molar-refractivity contribution >= 4 is 23.4 Å². The fourth-order valence-electron chi connectivity index (χ4n) is 6.63. The first-order valence-corrected chi connectivity index (χ1v) is 12.2. The lowest BCUT2D eigenvalue weighted by Crippen LogP contribution is -2.41. The zero-order chi connectivity index (χ0) is 23.7. The molecule has 2 bridgehead atoms. The first-order valence-electron chi connectivity index (χ1n) is 12.2. The number of carbonyl (C=O) groups is 3. The molecular formula is C29H24N2O4. The zero-order valence-corrected chi connectivity index (χ0v) is 19.1. The van der Waals surface area contributed by atoms with E-state index in [0.29, 0.717) is 37.6 Å². The van der Waals surface area contributed by atoms with Crippen molar-refractivity contribution in [2.45, 2.75) is 11.8 Å². The number of anilines is 1. The molecule has 0 spiro atoms. The molecule has 2 atom stereocenters. The molecule has 3 aliphatic carbocycles. The van der Waals surface area contributed by atoms with Crippen molar-refractivity contribution in [1.29, 1.82) is 0 Å². The van der Waals surface area contributed by atoms with E-state index in [1.807, 2.05) is 24.3 Å². The van der Waals surface area contributed by atoms with Crippen molar-refractivity contribution in [3.05, 3.63) is 101 Å². The summed E-state index contributed by atoms with van der Waals surface area (Å²) in [7, 11) is 0. The second-order valence-electron chi connectivity index (χ2n) is 9.73. The first-order chi connectivity index (χ1) is 17.1. The molecule has 0 saturated carbocycles. The minimum absolute atomic E-state index is 0.0588. The Morgan fingerprint density at radius 2 is 1.14 bits per heavy atom. The lowest BCUT2D eigenvalue weighted by Gasteiger charge is -2.45. The third-order valence-electron chi connectivity index (χ3n) is 8.12. The van der Waals surface area contributed by atoms with Gasteiger partial charge in [0.1, 0.15) is 0 Å². The second kappa shape index (κ2) is 7.62. The summed E-state index contributed by atoms with van der Waals surface area (Å²) >= 11 is 0. The summed E-state index contributed by atoms with van der Waals surface area (Å²) in [5, 5.41) is 0. The summed E-state index contributed by atoms with van der Waals surface area (Å²) in [5.74, 6) is -1.42. The van der Waals surface area contributed by atoms with Gasteiger partial charge in [-0.2, -0.15) is 0 Å². The van der Waals surface area contributed by atoms with Crippen LogP contribution in [0.1, 0.15) is 44.4 Å². The molecule has 2 saturated heterocycles. The number of benzene rings is 3. The Bertz CT molecular complexity index is 1260. The van der Waals surface area contributed by atoms with Crippen molar-refractivity contribution in [3.8, 4) is 0 Å². The summed E-state index contributed by atoms with van der Waals surface area (Å²) in [4.78, 5) is 43.6. The molecule has 2 fully saturated rings.